The fourth-order valence-electron chi connectivity index (χ4n) is 4.87. The third kappa shape index (κ3) is 9.88. The predicted octanol–water partition coefficient (Wildman–Crippen LogP) is 5.97. The van der Waals surface area contributed by atoms with Gasteiger partial charge in [-0.2, -0.15) is 0 Å². The van der Waals surface area contributed by atoms with Crippen LogP contribution in [0.5, 0.6) is 0 Å². The lowest BCUT2D eigenvalue weighted by molar-refractivity contribution is -0.503. The Hall–Kier alpha value is -3.40. The van der Waals surface area contributed by atoms with E-state index in [-0.39, 0.29) is 24.7 Å². The van der Waals surface area contributed by atoms with Gasteiger partial charge in [-0.25, -0.2) is 0 Å². The van der Waals surface area contributed by atoms with Gasteiger partial charge in [-0.05, 0) is 29.5 Å². The summed E-state index contributed by atoms with van der Waals surface area (Å²) in [6.07, 6.45) is 0.586. The van der Waals surface area contributed by atoms with E-state index in [1.54, 1.807) is 0 Å². The second-order valence-electron chi connectivity index (χ2n) is 10.0. The van der Waals surface area contributed by atoms with E-state index in [4.69, 9.17) is 23.7 Å². The average molecular weight is 562 g/mol. The molecule has 0 spiro atoms. The first kappa shape index (κ1) is 30.6. The molecule has 0 saturated carbocycles. The number of hydrogen-bond acceptors (Lipinski definition) is 7. The Balaban J connectivity index is 1.59. The number of rotatable bonds is 17. The number of benzene rings is 3. The van der Waals surface area contributed by atoms with Crippen molar-refractivity contribution in [1.82, 2.24) is 0 Å². The topological polar surface area (TPSA) is 89.3 Å². The zero-order chi connectivity index (χ0) is 28.7. The first-order chi connectivity index (χ1) is 20.1. The molecular weight excluding hydrogens is 522 g/mol. The van der Waals surface area contributed by atoms with Gasteiger partial charge in [0.05, 0.1) is 33.0 Å². The van der Waals surface area contributed by atoms with Crippen LogP contribution in [-0.2, 0) is 43.5 Å². The highest BCUT2D eigenvalue weighted by Crippen LogP contribution is 2.33. The van der Waals surface area contributed by atoms with Crippen molar-refractivity contribution in [3.63, 3.8) is 0 Å². The quantitative estimate of drug-likeness (QED) is 0.0868. The Morgan fingerprint density at radius 2 is 1.32 bits per heavy atom. The van der Waals surface area contributed by atoms with Crippen LogP contribution >= 0.6 is 0 Å². The Labute approximate surface area is 242 Å². The van der Waals surface area contributed by atoms with Crippen LogP contribution in [0.1, 0.15) is 29.5 Å². The van der Waals surface area contributed by atoms with Crippen molar-refractivity contribution in [2.45, 2.75) is 57.3 Å². The smallest absolute Gasteiger partial charge is 0.214 e. The molecule has 218 valence electrons. The van der Waals surface area contributed by atoms with E-state index in [0.29, 0.717) is 19.8 Å². The van der Waals surface area contributed by atoms with Crippen molar-refractivity contribution in [3.05, 3.63) is 130 Å². The molecule has 1 heterocycles. The Morgan fingerprint density at radius 3 is 1.85 bits per heavy atom. The summed E-state index contributed by atoms with van der Waals surface area (Å²) in [7, 11) is 0. The lowest BCUT2D eigenvalue weighted by atomic mass is 9.90. The molecule has 0 N–H and O–H groups in total. The van der Waals surface area contributed by atoms with Gasteiger partial charge < -0.3 is 23.7 Å². The van der Waals surface area contributed by atoms with Crippen molar-refractivity contribution in [2.75, 3.05) is 19.8 Å². The number of allylic oxidation sites excluding steroid dienone is 1. The summed E-state index contributed by atoms with van der Waals surface area (Å²) in [6.45, 7) is 4.93. The largest absolute Gasteiger partial charge is 0.374 e. The molecule has 1 aliphatic rings. The minimum atomic E-state index is -0.854. The summed E-state index contributed by atoms with van der Waals surface area (Å²) in [4.78, 5) is 11.5. The molecule has 1 aliphatic heterocycles. The van der Waals surface area contributed by atoms with E-state index in [0.717, 1.165) is 29.5 Å². The minimum absolute atomic E-state index is 0.206. The lowest BCUT2D eigenvalue weighted by Gasteiger charge is -2.45. The van der Waals surface area contributed by atoms with E-state index in [2.05, 4.69) is 6.58 Å². The summed E-state index contributed by atoms with van der Waals surface area (Å²) in [5.74, 6) is -0.691. The van der Waals surface area contributed by atoms with E-state index >= 15 is 0 Å². The van der Waals surface area contributed by atoms with Crippen molar-refractivity contribution < 1.29 is 28.6 Å². The highest BCUT2D eigenvalue weighted by Gasteiger charge is 2.50. The van der Waals surface area contributed by atoms with Gasteiger partial charge in [-0.3, -0.25) is 10.1 Å². The maximum Gasteiger partial charge on any atom is 0.214 e. The molecule has 8 nitrogen and oxygen atoms in total. The Morgan fingerprint density at radius 1 is 0.780 bits per heavy atom. The third-order valence-corrected chi connectivity index (χ3v) is 6.93. The third-order valence-electron chi connectivity index (χ3n) is 6.93. The maximum atomic E-state index is 11.9. The monoisotopic (exact) mass is 561 g/mol. The molecular formula is C33H39NO7. The zero-order valence-electron chi connectivity index (χ0n) is 23.3. The zero-order valence-corrected chi connectivity index (χ0v) is 23.3. The number of unbranched alkanes of at least 4 members (excludes halogenated alkanes) is 1. The second-order valence-corrected chi connectivity index (χ2v) is 10.0. The van der Waals surface area contributed by atoms with Gasteiger partial charge in [0.1, 0.15) is 24.2 Å². The van der Waals surface area contributed by atoms with Gasteiger partial charge in [0.25, 0.3) is 0 Å². The number of ether oxygens (including phenoxy) is 5. The van der Waals surface area contributed by atoms with Crippen LogP contribution in [0.25, 0.3) is 0 Å². The van der Waals surface area contributed by atoms with Crippen LogP contribution < -0.4 is 0 Å². The second kappa shape index (κ2) is 16.8. The predicted molar refractivity (Wildman–Crippen MR) is 156 cm³/mol. The molecule has 8 heteroatoms. The van der Waals surface area contributed by atoms with Crippen molar-refractivity contribution >= 4 is 0 Å². The van der Waals surface area contributed by atoms with Gasteiger partial charge in [-0.15, -0.1) is 6.58 Å². The van der Waals surface area contributed by atoms with Gasteiger partial charge in [-0.1, -0.05) is 97.1 Å². The highest BCUT2D eigenvalue weighted by molar-refractivity contribution is 5.15. The molecule has 0 unspecified atom stereocenters. The summed E-state index contributed by atoms with van der Waals surface area (Å²) < 4.78 is 31.6. The minimum Gasteiger partial charge on any atom is -0.374 e. The standard InChI is InChI=1S/C33H39NO7/c1-2-3-13-20-38-33-29(21-34(35)36)31(39-23-27-16-9-5-10-17-27)32(40-24-28-18-11-6-12-19-28)30(41-33)25-37-22-26-14-7-4-8-15-26/h2,4-12,14-19,29-33H,1,3,13,20-25H2/t29-,30-,31-,32-,33+/m1/s1. The molecule has 1 fully saturated rings. The molecule has 0 amide bonds. The average Bonchev–Trinajstić information content (AvgIpc) is 3.00. The van der Waals surface area contributed by atoms with Crippen LogP contribution in [0, 0.1) is 16.0 Å². The molecule has 41 heavy (non-hydrogen) atoms. The van der Waals surface area contributed by atoms with Crippen molar-refractivity contribution in [3.8, 4) is 0 Å². The van der Waals surface area contributed by atoms with E-state index in [1.165, 1.54) is 0 Å². The molecule has 0 radical (unpaired) electrons. The molecule has 0 aliphatic carbocycles. The first-order valence-corrected chi connectivity index (χ1v) is 14.1. The fourth-order valence-corrected chi connectivity index (χ4v) is 4.87. The summed E-state index contributed by atoms with van der Waals surface area (Å²) in [6, 6.07) is 29.4. The molecule has 3 aromatic rings. The van der Waals surface area contributed by atoms with E-state index in [1.807, 2.05) is 97.1 Å². The van der Waals surface area contributed by atoms with Crippen LogP contribution in [0.2, 0.25) is 0 Å². The molecule has 4 rings (SSSR count). The van der Waals surface area contributed by atoms with Gasteiger partial charge in [0.2, 0.25) is 6.54 Å². The van der Waals surface area contributed by atoms with Gasteiger partial charge >= 0.3 is 0 Å². The SMILES string of the molecule is C=CCCCO[C@H]1O[C@H](COCc2ccccc2)[C@@H](OCc2ccccc2)[C@H](OCc2ccccc2)[C@H]1C[N+](=O)[O-]. The molecule has 0 bridgehead atoms. The highest BCUT2D eigenvalue weighted by atomic mass is 16.7. The van der Waals surface area contributed by atoms with Gasteiger partial charge in [0, 0.05) is 4.92 Å². The molecule has 0 aromatic heterocycles. The maximum absolute atomic E-state index is 11.9. The Kier molecular flexibility index (Phi) is 12.5. The van der Waals surface area contributed by atoms with Crippen LogP contribution in [0.3, 0.4) is 0 Å². The first-order valence-electron chi connectivity index (χ1n) is 14.1. The summed E-state index contributed by atoms with van der Waals surface area (Å²) in [5.41, 5.74) is 2.97. The summed E-state index contributed by atoms with van der Waals surface area (Å²) >= 11 is 0. The van der Waals surface area contributed by atoms with Crippen molar-refractivity contribution in [1.29, 1.82) is 0 Å². The number of hydrogen-bond donors (Lipinski definition) is 0. The van der Waals surface area contributed by atoms with Crippen LogP contribution in [0.15, 0.2) is 104 Å². The summed E-state index contributed by atoms with van der Waals surface area (Å²) in [5, 5.41) is 11.9. The normalized spacial score (nSPS) is 22.3. The van der Waals surface area contributed by atoms with Crippen LogP contribution in [0.4, 0.5) is 0 Å². The molecule has 1 saturated heterocycles. The van der Waals surface area contributed by atoms with Crippen molar-refractivity contribution in [2.24, 2.45) is 5.92 Å². The van der Waals surface area contributed by atoms with Gasteiger partial charge in [0.15, 0.2) is 6.29 Å². The van der Waals surface area contributed by atoms with Crippen LogP contribution in [-0.4, -0.2) is 49.3 Å². The van der Waals surface area contributed by atoms with E-state index in [9.17, 15) is 10.1 Å². The molecule has 5 atom stereocenters. The molecule has 3 aromatic carbocycles. The fraction of sp³-hybridized carbons (Fsp3) is 0.394. The Bertz CT molecular complexity index is 1160. The van der Waals surface area contributed by atoms with E-state index < -0.39 is 30.5 Å². The number of nitro groups is 1. The number of nitrogens with zero attached hydrogens (tertiary/aromatic N) is 1. The lowest BCUT2D eigenvalue weighted by Crippen LogP contribution is -2.60.